The highest BCUT2D eigenvalue weighted by Crippen LogP contribution is 2.25. The normalized spacial score (nSPS) is 11.7. The summed E-state index contributed by atoms with van der Waals surface area (Å²) in [6.07, 6.45) is 4.83. The first-order valence-corrected chi connectivity index (χ1v) is 8.46. The maximum absolute atomic E-state index is 12.7. The Bertz CT molecular complexity index is 921. The van der Waals surface area contributed by atoms with Crippen LogP contribution >= 0.6 is 11.5 Å². The third-order valence-corrected chi connectivity index (χ3v) is 4.49. The molecule has 1 unspecified atom stereocenters. The minimum Gasteiger partial charge on any atom is -0.365 e. The summed E-state index contributed by atoms with van der Waals surface area (Å²) in [7, 11) is 0. The van der Waals surface area contributed by atoms with Crippen LogP contribution in [0.2, 0.25) is 0 Å². The lowest BCUT2D eigenvalue weighted by Crippen LogP contribution is -2.47. The van der Waals surface area contributed by atoms with Crippen LogP contribution in [0.25, 0.3) is 10.6 Å². The summed E-state index contributed by atoms with van der Waals surface area (Å²) >= 11 is 1.12. The summed E-state index contributed by atoms with van der Waals surface area (Å²) in [5, 5.41) is 2.58. The highest BCUT2D eigenvalue weighted by Gasteiger charge is 2.27. The van der Waals surface area contributed by atoms with Crippen molar-refractivity contribution in [3.05, 3.63) is 60.2 Å². The lowest BCUT2D eigenvalue weighted by molar-refractivity contribution is -0.137. The molecule has 2 amide bonds. The Morgan fingerprint density at radius 1 is 1.23 bits per heavy atom. The summed E-state index contributed by atoms with van der Waals surface area (Å²) < 4.78 is 4.04. The van der Waals surface area contributed by atoms with E-state index in [-0.39, 0.29) is 12.0 Å². The van der Waals surface area contributed by atoms with Gasteiger partial charge in [0.15, 0.2) is 0 Å². The second-order valence-electron chi connectivity index (χ2n) is 5.44. The number of aromatic nitrogens is 3. The highest BCUT2D eigenvalue weighted by atomic mass is 32.1. The Labute approximate surface area is 152 Å². The minimum absolute atomic E-state index is 0.122. The largest absolute Gasteiger partial charge is 0.365 e. The number of rotatable bonds is 7. The van der Waals surface area contributed by atoms with E-state index in [1.54, 1.807) is 42.7 Å². The van der Waals surface area contributed by atoms with Crippen molar-refractivity contribution in [3.63, 3.8) is 0 Å². The van der Waals surface area contributed by atoms with Gasteiger partial charge in [-0.15, -0.1) is 0 Å². The minimum atomic E-state index is -1.10. The SMILES string of the molecule is NC(=O)C(=O)C(Cc1ccc[nH]1)NC(=O)c1cnsc1-c1ccccn1. The van der Waals surface area contributed by atoms with E-state index in [2.05, 4.69) is 19.7 Å². The van der Waals surface area contributed by atoms with E-state index in [0.29, 0.717) is 16.3 Å². The van der Waals surface area contributed by atoms with E-state index in [1.807, 2.05) is 0 Å². The second-order valence-corrected chi connectivity index (χ2v) is 6.24. The van der Waals surface area contributed by atoms with Gasteiger partial charge in [0.25, 0.3) is 11.8 Å². The highest BCUT2D eigenvalue weighted by molar-refractivity contribution is 7.10. The average Bonchev–Trinajstić information content (AvgIpc) is 3.32. The number of H-pyrrole nitrogens is 1. The molecule has 0 aliphatic heterocycles. The van der Waals surface area contributed by atoms with Gasteiger partial charge < -0.3 is 16.0 Å². The number of amides is 2. The molecule has 26 heavy (non-hydrogen) atoms. The predicted octanol–water partition coefficient (Wildman–Crippen LogP) is 0.929. The quantitative estimate of drug-likeness (QED) is 0.533. The number of pyridine rings is 1. The molecule has 8 nitrogen and oxygen atoms in total. The topological polar surface area (TPSA) is 131 Å². The molecule has 0 radical (unpaired) electrons. The maximum Gasteiger partial charge on any atom is 0.287 e. The van der Waals surface area contributed by atoms with Gasteiger partial charge in [-0.05, 0) is 35.8 Å². The third-order valence-electron chi connectivity index (χ3n) is 3.66. The summed E-state index contributed by atoms with van der Waals surface area (Å²) in [5.41, 5.74) is 6.68. The zero-order valence-electron chi connectivity index (χ0n) is 13.5. The van der Waals surface area contributed by atoms with Crippen molar-refractivity contribution in [1.82, 2.24) is 19.7 Å². The maximum atomic E-state index is 12.7. The molecule has 4 N–H and O–H groups in total. The molecule has 1 atom stereocenters. The van der Waals surface area contributed by atoms with Gasteiger partial charge in [-0.25, -0.2) is 0 Å². The summed E-state index contributed by atoms with van der Waals surface area (Å²) in [5.74, 6) is -2.49. The van der Waals surface area contributed by atoms with Crippen LogP contribution < -0.4 is 11.1 Å². The number of nitrogens with two attached hydrogens (primary N) is 1. The number of hydrogen-bond donors (Lipinski definition) is 3. The lowest BCUT2D eigenvalue weighted by atomic mass is 10.1. The van der Waals surface area contributed by atoms with Gasteiger partial charge in [0.1, 0.15) is 6.04 Å². The molecule has 9 heteroatoms. The van der Waals surface area contributed by atoms with E-state index < -0.39 is 23.6 Å². The van der Waals surface area contributed by atoms with Gasteiger partial charge in [0.2, 0.25) is 5.78 Å². The Kier molecular flexibility index (Phi) is 5.18. The van der Waals surface area contributed by atoms with Gasteiger partial charge in [0.05, 0.1) is 22.3 Å². The first kappa shape index (κ1) is 17.5. The lowest BCUT2D eigenvalue weighted by Gasteiger charge is -2.15. The van der Waals surface area contributed by atoms with Crippen LogP contribution in [0.15, 0.2) is 48.9 Å². The van der Waals surface area contributed by atoms with Crippen LogP contribution in [0, 0.1) is 0 Å². The number of carbonyl (C=O) groups excluding carboxylic acids is 3. The Morgan fingerprint density at radius 3 is 2.73 bits per heavy atom. The van der Waals surface area contributed by atoms with Crippen molar-refractivity contribution in [1.29, 1.82) is 0 Å². The van der Waals surface area contributed by atoms with Crippen LogP contribution in [0.1, 0.15) is 16.1 Å². The molecule has 0 bridgehead atoms. The molecule has 3 heterocycles. The second kappa shape index (κ2) is 7.70. The molecule has 0 aromatic carbocycles. The fourth-order valence-electron chi connectivity index (χ4n) is 2.41. The van der Waals surface area contributed by atoms with Gasteiger partial charge >= 0.3 is 0 Å². The predicted molar refractivity (Wildman–Crippen MR) is 95.3 cm³/mol. The van der Waals surface area contributed by atoms with Crippen LogP contribution in [0.4, 0.5) is 0 Å². The van der Waals surface area contributed by atoms with Gasteiger partial charge in [-0.3, -0.25) is 19.4 Å². The number of nitrogens with one attached hydrogen (secondary N) is 2. The molecule has 3 rings (SSSR count). The van der Waals surface area contributed by atoms with Gasteiger partial charge in [-0.1, -0.05) is 6.07 Å². The fourth-order valence-corrected chi connectivity index (χ4v) is 3.14. The number of nitrogens with zero attached hydrogens (tertiary/aromatic N) is 2. The molecule has 3 aromatic rings. The average molecular weight is 369 g/mol. The smallest absolute Gasteiger partial charge is 0.287 e. The van der Waals surface area contributed by atoms with Gasteiger partial charge in [-0.2, -0.15) is 4.37 Å². The van der Waals surface area contributed by atoms with E-state index in [1.165, 1.54) is 6.20 Å². The summed E-state index contributed by atoms with van der Waals surface area (Å²) in [6.45, 7) is 0. The van der Waals surface area contributed by atoms with Crippen molar-refractivity contribution >= 4 is 29.1 Å². The zero-order chi connectivity index (χ0) is 18.5. The number of hydrogen-bond acceptors (Lipinski definition) is 6. The monoisotopic (exact) mass is 369 g/mol. The van der Waals surface area contributed by atoms with Crippen molar-refractivity contribution < 1.29 is 14.4 Å². The standard InChI is InChI=1S/C17H15N5O3S/c18-16(24)14(23)13(8-10-4-3-7-19-10)22-17(25)11-9-21-26-15(11)12-5-1-2-6-20-12/h1-7,9,13,19H,8H2,(H2,18,24)(H,22,25). The van der Waals surface area contributed by atoms with Crippen molar-refractivity contribution in [2.24, 2.45) is 5.73 Å². The molecule has 0 aliphatic carbocycles. The van der Waals surface area contributed by atoms with Crippen molar-refractivity contribution in [2.75, 3.05) is 0 Å². The molecule has 132 valence electrons. The first-order valence-electron chi connectivity index (χ1n) is 7.69. The van der Waals surface area contributed by atoms with Gasteiger partial charge in [0, 0.05) is 24.5 Å². The van der Waals surface area contributed by atoms with Crippen LogP contribution in [-0.4, -0.2) is 38.0 Å². The Morgan fingerprint density at radius 2 is 2.08 bits per heavy atom. The first-order chi connectivity index (χ1) is 12.6. The van der Waals surface area contributed by atoms with Crippen LogP contribution in [-0.2, 0) is 16.0 Å². The molecular weight excluding hydrogens is 354 g/mol. The van der Waals surface area contributed by atoms with E-state index in [9.17, 15) is 14.4 Å². The zero-order valence-corrected chi connectivity index (χ0v) is 14.3. The van der Waals surface area contributed by atoms with Crippen LogP contribution in [0.5, 0.6) is 0 Å². The number of aromatic amines is 1. The molecule has 0 fully saturated rings. The van der Waals surface area contributed by atoms with E-state index in [0.717, 1.165) is 11.5 Å². The molecular formula is C17H15N5O3S. The number of primary amides is 1. The molecule has 0 saturated carbocycles. The Hall–Kier alpha value is -3.33. The Balaban J connectivity index is 1.83. The van der Waals surface area contributed by atoms with E-state index >= 15 is 0 Å². The number of ketones is 1. The molecule has 0 spiro atoms. The molecule has 0 aliphatic rings. The fraction of sp³-hybridized carbons (Fsp3) is 0.118. The summed E-state index contributed by atoms with van der Waals surface area (Å²) in [4.78, 5) is 43.8. The third kappa shape index (κ3) is 3.83. The molecule has 3 aromatic heterocycles. The van der Waals surface area contributed by atoms with Crippen LogP contribution in [0.3, 0.4) is 0 Å². The van der Waals surface area contributed by atoms with Crippen molar-refractivity contribution in [2.45, 2.75) is 12.5 Å². The summed E-state index contributed by atoms with van der Waals surface area (Å²) in [6, 6.07) is 7.76. The number of Topliss-reactive ketones (excluding diaryl/α,β-unsaturated/α-hetero) is 1. The van der Waals surface area contributed by atoms with Crippen molar-refractivity contribution in [3.8, 4) is 10.6 Å². The molecule has 0 saturated heterocycles. The van der Waals surface area contributed by atoms with E-state index in [4.69, 9.17) is 5.73 Å². The number of carbonyl (C=O) groups is 3.